The highest BCUT2D eigenvalue weighted by Gasteiger charge is 2.20. The molecule has 2 rings (SSSR count). The van der Waals surface area contributed by atoms with Crippen molar-refractivity contribution in [2.45, 2.75) is 30.7 Å². The van der Waals surface area contributed by atoms with Crippen molar-refractivity contribution in [1.82, 2.24) is 0 Å². The standard InChI is InChI=1S/C12H13ClN2S/c1-8-5-10(13)12-11(6-8)16-7-9(15-12)3-2-4-14/h5-6,9,15H,2-3,7H2,1H3. The Labute approximate surface area is 105 Å². The van der Waals surface area contributed by atoms with Crippen molar-refractivity contribution in [3.8, 4) is 6.07 Å². The summed E-state index contributed by atoms with van der Waals surface area (Å²) in [5, 5.41) is 12.8. The predicted molar refractivity (Wildman–Crippen MR) is 69.2 cm³/mol. The molecule has 1 aliphatic heterocycles. The van der Waals surface area contributed by atoms with E-state index in [4.69, 9.17) is 16.9 Å². The smallest absolute Gasteiger partial charge is 0.0670 e. The molecule has 2 nitrogen and oxygen atoms in total. The van der Waals surface area contributed by atoms with Gasteiger partial charge in [-0.15, -0.1) is 11.8 Å². The number of hydrogen-bond acceptors (Lipinski definition) is 3. The van der Waals surface area contributed by atoms with Gasteiger partial charge in [-0.05, 0) is 31.0 Å². The van der Waals surface area contributed by atoms with Gasteiger partial charge in [0.25, 0.3) is 0 Å². The van der Waals surface area contributed by atoms with Crippen LogP contribution in [0.3, 0.4) is 0 Å². The van der Waals surface area contributed by atoms with E-state index in [-0.39, 0.29) is 0 Å². The van der Waals surface area contributed by atoms with Gasteiger partial charge in [-0.25, -0.2) is 0 Å². The van der Waals surface area contributed by atoms with Crippen LogP contribution < -0.4 is 5.32 Å². The molecule has 16 heavy (non-hydrogen) atoms. The fourth-order valence-electron chi connectivity index (χ4n) is 1.79. The molecule has 0 radical (unpaired) electrons. The predicted octanol–water partition coefficient (Wildman–Crippen LogP) is 3.84. The quantitative estimate of drug-likeness (QED) is 0.869. The molecular weight excluding hydrogens is 240 g/mol. The number of fused-ring (bicyclic) bond motifs is 1. The zero-order valence-corrected chi connectivity index (χ0v) is 10.7. The van der Waals surface area contributed by atoms with E-state index in [0.717, 1.165) is 22.9 Å². The molecule has 1 heterocycles. The average molecular weight is 253 g/mol. The minimum Gasteiger partial charge on any atom is -0.379 e. The fraction of sp³-hybridized carbons (Fsp3) is 0.417. The van der Waals surface area contributed by atoms with Crippen LogP contribution in [0.25, 0.3) is 0 Å². The lowest BCUT2D eigenvalue weighted by molar-refractivity contribution is 0.724. The molecule has 0 saturated heterocycles. The van der Waals surface area contributed by atoms with Gasteiger partial charge in [0.2, 0.25) is 0 Å². The molecule has 0 fully saturated rings. The highest BCUT2D eigenvalue weighted by molar-refractivity contribution is 7.99. The van der Waals surface area contributed by atoms with Gasteiger partial charge in [0.05, 0.1) is 16.8 Å². The molecule has 1 N–H and O–H groups in total. The highest BCUT2D eigenvalue weighted by atomic mass is 35.5. The summed E-state index contributed by atoms with van der Waals surface area (Å²) in [5.74, 6) is 1.01. The van der Waals surface area contributed by atoms with Crippen molar-refractivity contribution in [1.29, 1.82) is 5.26 Å². The van der Waals surface area contributed by atoms with Gasteiger partial charge < -0.3 is 5.32 Å². The van der Waals surface area contributed by atoms with Crippen LogP contribution in [-0.2, 0) is 0 Å². The van der Waals surface area contributed by atoms with E-state index >= 15 is 0 Å². The first-order chi connectivity index (χ1) is 7.70. The third-order valence-corrected chi connectivity index (χ3v) is 4.09. The Kier molecular flexibility index (Phi) is 3.63. The Morgan fingerprint density at radius 2 is 2.44 bits per heavy atom. The normalized spacial score (nSPS) is 18.4. The molecule has 1 aliphatic rings. The molecule has 0 bridgehead atoms. The van der Waals surface area contributed by atoms with Crippen LogP contribution >= 0.6 is 23.4 Å². The Balaban J connectivity index is 2.17. The molecule has 1 aromatic carbocycles. The van der Waals surface area contributed by atoms with E-state index in [0.29, 0.717) is 12.5 Å². The largest absolute Gasteiger partial charge is 0.379 e. The van der Waals surface area contributed by atoms with Crippen molar-refractivity contribution < 1.29 is 0 Å². The molecule has 1 unspecified atom stereocenters. The van der Waals surface area contributed by atoms with Gasteiger partial charge in [-0.3, -0.25) is 0 Å². The van der Waals surface area contributed by atoms with Crippen LogP contribution in [0.4, 0.5) is 5.69 Å². The maximum Gasteiger partial charge on any atom is 0.0670 e. The Bertz CT molecular complexity index is 439. The lowest BCUT2D eigenvalue weighted by Crippen LogP contribution is -2.25. The molecule has 0 amide bonds. The Hall–Kier alpha value is -0.850. The first kappa shape index (κ1) is 11.6. The number of nitrogens with zero attached hydrogens (tertiary/aromatic N) is 1. The lowest BCUT2D eigenvalue weighted by atomic mass is 10.1. The molecule has 0 aliphatic carbocycles. The van der Waals surface area contributed by atoms with E-state index in [1.165, 1.54) is 10.5 Å². The fourth-order valence-corrected chi connectivity index (χ4v) is 3.39. The average Bonchev–Trinajstić information content (AvgIpc) is 2.26. The molecule has 84 valence electrons. The topological polar surface area (TPSA) is 35.8 Å². The second kappa shape index (κ2) is 4.99. The minimum atomic E-state index is 0.359. The number of aryl methyl sites for hydroxylation is 1. The number of thioether (sulfide) groups is 1. The lowest BCUT2D eigenvalue weighted by Gasteiger charge is -2.27. The van der Waals surface area contributed by atoms with Gasteiger partial charge in [-0.1, -0.05) is 11.6 Å². The summed E-state index contributed by atoms with van der Waals surface area (Å²) in [4.78, 5) is 1.22. The van der Waals surface area contributed by atoms with E-state index < -0.39 is 0 Å². The summed E-state index contributed by atoms with van der Waals surface area (Å²) in [6.07, 6.45) is 1.48. The summed E-state index contributed by atoms with van der Waals surface area (Å²) in [5.41, 5.74) is 2.22. The Morgan fingerprint density at radius 1 is 1.62 bits per heavy atom. The number of nitriles is 1. The molecule has 1 atom stereocenters. The molecule has 1 aromatic rings. The van der Waals surface area contributed by atoms with Crippen molar-refractivity contribution in [2.75, 3.05) is 11.1 Å². The van der Waals surface area contributed by atoms with Crippen LogP contribution in [0.2, 0.25) is 5.02 Å². The first-order valence-electron chi connectivity index (χ1n) is 5.27. The maximum absolute atomic E-state index is 8.57. The SMILES string of the molecule is Cc1cc(Cl)c2c(c1)SCC(CCC#N)N2. The summed E-state index contributed by atoms with van der Waals surface area (Å²) in [6.45, 7) is 2.05. The van der Waals surface area contributed by atoms with E-state index in [2.05, 4.69) is 24.4 Å². The molecule has 4 heteroatoms. The van der Waals surface area contributed by atoms with Crippen molar-refractivity contribution >= 4 is 29.1 Å². The third kappa shape index (κ3) is 2.45. The molecular formula is C12H13ClN2S. The number of anilines is 1. The monoisotopic (exact) mass is 252 g/mol. The van der Waals surface area contributed by atoms with Crippen molar-refractivity contribution in [3.63, 3.8) is 0 Å². The molecule has 0 spiro atoms. The number of rotatable bonds is 2. The summed E-state index contributed by atoms with van der Waals surface area (Å²) in [6, 6.07) is 6.66. The zero-order valence-electron chi connectivity index (χ0n) is 9.09. The third-order valence-electron chi connectivity index (χ3n) is 2.59. The second-order valence-electron chi connectivity index (χ2n) is 3.97. The summed E-state index contributed by atoms with van der Waals surface area (Å²) >= 11 is 8.03. The van der Waals surface area contributed by atoms with E-state index in [1.54, 1.807) is 0 Å². The molecule has 0 saturated carbocycles. The van der Waals surface area contributed by atoms with Crippen LogP contribution in [-0.4, -0.2) is 11.8 Å². The van der Waals surface area contributed by atoms with Crippen molar-refractivity contribution in [2.24, 2.45) is 0 Å². The maximum atomic E-state index is 8.57. The Morgan fingerprint density at radius 3 is 3.19 bits per heavy atom. The van der Waals surface area contributed by atoms with Gasteiger partial charge in [0, 0.05) is 23.1 Å². The van der Waals surface area contributed by atoms with E-state index in [1.807, 2.05) is 17.8 Å². The highest BCUT2D eigenvalue weighted by Crippen LogP contribution is 2.39. The van der Waals surface area contributed by atoms with Gasteiger partial charge in [0.15, 0.2) is 0 Å². The molecule has 0 aromatic heterocycles. The van der Waals surface area contributed by atoms with Crippen LogP contribution in [0.5, 0.6) is 0 Å². The van der Waals surface area contributed by atoms with Gasteiger partial charge >= 0.3 is 0 Å². The summed E-state index contributed by atoms with van der Waals surface area (Å²) in [7, 11) is 0. The zero-order chi connectivity index (χ0) is 11.5. The van der Waals surface area contributed by atoms with Crippen LogP contribution in [0, 0.1) is 18.3 Å². The summed E-state index contributed by atoms with van der Waals surface area (Å²) < 4.78 is 0. The van der Waals surface area contributed by atoms with Gasteiger partial charge in [-0.2, -0.15) is 5.26 Å². The number of nitrogens with one attached hydrogen (secondary N) is 1. The second-order valence-corrected chi connectivity index (χ2v) is 5.44. The number of hydrogen-bond donors (Lipinski definition) is 1. The first-order valence-corrected chi connectivity index (χ1v) is 6.63. The van der Waals surface area contributed by atoms with Crippen LogP contribution in [0.15, 0.2) is 17.0 Å². The van der Waals surface area contributed by atoms with Gasteiger partial charge in [0.1, 0.15) is 0 Å². The number of benzene rings is 1. The van der Waals surface area contributed by atoms with Crippen LogP contribution in [0.1, 0.15) is 18.4 Å². The number of halogens is 1. The van der Waals surface area contributed by atoms with Crippen molar-refractivity contribution in [3.05, 3.63) is 22.7 Å². The minimum absolute atomic E-state index is 0.359. The van der Waals surface area contributed by atoms with E-state index in [9.17, 15) is 0 Å².